The van der Waals surface area contributed by atoms with Crippen molar-refractivity contribution in [1.82, 2.24) is 14.5 Å². The molecule has 4 rings (SSSR count). The van der Waals surface area contributed by atoms with Gasteiger partial charge in [0.1, 0.15) is 17.9 Å². The van der Waals surface area contributed by atoms with Gasteiger partial charge in [0, 0.05) is 30.1 Å². The van der Waals surface area contributed by atoms with Gasteiger partial charge in [-0.2, -0.15) is 5.26 Å². The SMILES string of the molecule is CC(=O)Nc1ccc(-n2cc(C#N)c3ncnc(-c4ccccc4)c32)cc1. The van der Waals surface area contributed by atoms with Gasteiger partial charge in [-0.25, -0.2) is 9.97 Å². The van der Waals surface area contributed by atoms with Gasteiger partial charge in [-0.3, -0.25) is 4.79 Å². The number of nitrogens with zero attached hydrogens (tertiary/aromatic N) is 4. The van der Waals surface area contributed by atoms with E-state index in [1.165, 1.54) is 13.3 Å². The summed E-state index contributed by atoms with van der Waals surface area (Å²) in [5, 5.41) is 12.3. The maximum absolute atomic E-state index is 11.2. The molecule has 130 valence electrons. The third kappa shape index (κ3) is 3.02. The second-order valence-electron chi connectivity index (χ2n) is 6.04. The monoisotopic (exact) mass is 353 g/mol. The minimum absolute atomic E-state index is 0.124. The Kier molecular flexibility index (Phi) is 4.11. The Labute approximate surface area is 155 Å². The largest absolute Gasteiger partial charge is 0.326 e. The van der Waals surface area contributed by atoms with Gasteiger partial charge in [0.25, 0.3) is 0 Å². The third-order valence-corrected chi connectivity index (χ3v) is 4.21. The van der Waals surface area contributed by atoms with Crippen molar-refractivity contribution in [2.45, 2.75) is 6.92 Å². The number of anilines is 1. The van der Waals surface area contributed by atoms with E-state index in [1.807, 2.05) is 59.2 Å². The summed E-state index contributed by atoms with van der Waals surface area (Å²) < 4.78 is 1.91. The van der Waals surface area contributed by atoms with Gasteiger partial charge in [0.2, 0.25) is 5.91 Å². The Hall–Kier alpha value is -3.98. The van der Waals surface area contributed by atoms with Crippen LogP contribution in [0.15, 0.2) is 67.1 Å². The van der Waals surface area contributed by atoms with Crippen LogP contribution in [0.1, 0.15) is 12.5 Å². The third-order valence-electron chi connectivity index (χ3n) is 4.21. The molecule has 0 saturated heterocycles. The Morgan fingerprint density at radius 3 is 2.48 bits per heavy atom. The lowest BCUT2D eigenvalue weighted by Gasteiger charge is -2.10. The van der Waals surface area contributed by atoms with E-state index in [2.05, 4.69) is 21.4 Å². The smallest absolute Gasteiger partial charge is 0.221 e. The number of nitrogens with one attached hydrogen (secondary N) is 1. The van der Waals surface area contributed by atoms with E-state index in [0.717, 1.165) is 22.5 Å². The predicted octanol–water partition coefficient (Wildman–Crippen LogP) is 3.92. The Morgan fingerprint density at radius 2 is 1.81 bits per heavy atom. The Morgan fingerprint density at radius 1 is 1.07 bits per heavy atom. The van der Waals surface area contributed by atoms with Crippen molar-refractivity contribution in [3.05, 3.63) is 72.7 Å². The van der Waals surface area contributed by atoms with Gasteiger partial charge in [-0.15, -0.1) is 0 Å². The summed E-state index contributed by atoms with van der Waals surface area (Å²) in [6.07, 6.45) is 3.24. The molecule has 6 nitrogen and oxygen atoms in total. The fourth-order valence-corrected chi connectivity index (χ4v) is 3.06. The van der Waals surface area contributed by atoms with E-state index in [9.17, 15) is 10.1 Å². The van der Waals surface area contributed by atoms with Gasteiger partial charge in [-0.1, -0.05) is 30.3 Å². The van der Waals surface area contributed by atoms with Crippen LogP contribution in [0.3, 0.4) is 0 Å². The normalized spacial score (nSPS) is 10.5. The fraction of sp³-hybridized carbons (Fsp3) is 0.0476. The minimum Gasteiger partial charge on any atom is -0.326 e. The highest BCUT2D eigenvalue weighted by molar-refractivity contribution is 5.94. The summed E-state index contributed by atoms with van der Waals surface area (Å²) in [4.78, 5) is 20.0. The molecule has 0 aliphatic rings. The second-order valence-corrected chi connectivity index (χ2v) is 6.04. The fourth-order valence-electron chi connectivity index (χ4n) is 3.06. The first-order chi connectivity index (χ1) is 13.2. The molecule has 4 aromatic rings. The van der Waals surface area contributed by atoms with E-state index in [0.29, 0.717) is 16.8 Å². The van der Waals surface area contributed by atoms with Crippen LogP contribution in [-0.2, 0) is 4.79 Å². The van der Waals surface area contributed by atoms with Crippen LogP contribution in [-0.4, -0.2) is 20.4 Å². The molecular formula is C21H15N5O. The lowest BCUT2D eigenvalue weighted by Crippen LogP contribution is -2.05. The molecular weight excluding hydrogens is 338 g/mol. The van der Waals surface area contributed by atoms with Crippen molar-refractivity contribution < 1.29 is 4.79 Å². The average Bonchev–Trinajstić information content (AvgIpc) is 3.08. The molecule has 0 radical (unpaired) electrons. The Balaban J connectivity index is 1.93. The molecule has 0 saturated carbocycles. The molecule has 27 heavy (non-hydrogen) atoms. The number of hydrogen-bond donors (Lipinski definition) is 1. The number of amides is 1. The number of benzene rings is 2. The maximum Gasteiger partial charge on any atom is 0.221 e. The van der Waals surface area contributed by atoms with Crippen LogP contribution >= 0.6 is 0 Å². The molecule has 0 aliphatic heterocycles. The molecule has 2 aromatic heterocycles. The minimum atomic E-state index is -0.124. The van der Waals surface area contributed by atoms with E-state index in [-0.39, 0.29) is 5.91 Å². The van der Waals surface area contributed by atoms with Crippen LogP contribution < -0.4 is 5.32 Å². The van der Waals surface area contributed by atoms with Gasteiger partial charge in [0.05, 0.1) is 16.8 Å². The van der Waals surface area contributed by atoms with Crippen LogP contribution in [0, 0.1) is 11.3 Å². The van der Waals surface area contributed by atoms with Crippen LogP contribution in [0.25, 0.3) is 28.0 Å². The number of carbonyl (C=O) groups is 1. The zero-order valence-electron chi connectivity index (χ0n) is 14.5. The topological polar surface area (TPSA) is 83.6 Å². The second kappa shape index (κ2) is 6.73. The van der Waals surface area contributed by atoms with Crippen LogP contribution in [0.5, 0.6) is 0 Å². The first-order valence-corrected chi connectivity index (χ1v) is 8.37. The van der Waals surface area contributed by atoms with Crippen molar-refractivity contribution in [2.75, 3.05) is 5.32 Å². The summed E-state index contributed by atoms with van der Waals surface area (Å²) in [6, 6.07) is 19.4. The molecule has 0 aliphatic carbocycles. The highest BCUT2D eigenvalue weighted by atomic mass is 16.1. The van der Waals surface area contributed by atoms with E-state index >= 15 is 0 Å². The molecule has 0 atom stereocenters. The van der Waals surface area contributed by atoms with Crippen molar-refractivity contribution in [2.24, 2.45) is 0 Å². The maximum atomic E-state index is 11.2. The summed E-state index contributed by atoms with van der Waals surface area (Å²) >= 11 is 0. The standard InChI is InChI=1S/C21H15N5O/c1-14(27)25-17-7-9-18(10-8-17)26-12-16(11-22)20-21(26)19(23-13-24-20)15-5-3-2-4-6-15/h2-10,12-13H,1H3,(H,25,27). The summed E-state index contributed by atoms with van der Waals surface area (Å²) in [5.41, 5.74) is 5.13. The summed E-state index contributed by atoms with van der Waals surface area (Å²) in [5.74, 6) is -0.124. The number of carbonyl (C=O) groups excluding carboxylic acids is 1. The molecule has 1 N–H and O–H groups in total. The number of fused-ring (bicyclic) bond motifs is 1. The van der Waals surface area contributed by atoms with Gasteiger partial charge in [0.15, 0.2) is 0 Å². The van der Waals surface area contributed by atoms with Crippen LogP contribution in [0.4, 0.5) is 5.69 Å². The highest BCUT2D eigenvalue weighted by Crippen LogP contribution is 2.31. The highest BCUT2D eigenvalue weighted by Gasteiger charge is 2.16. The lowest BCUT2D eigenvalue weighted by molar-refractivity contribution is -0.114. The number of rotatable bonds is 3. The van der Waals surface area contributed by atoms with Crippen molar-refractivity contribution >= 4 is 22.6 Å². The zero-order valence-corrected chi connectivity index (χ0v) is 14.5. The average molecular weight is 353 g/mol. The summed E-state index contributed by atoms with van der Waals surface area (Å²) in [7, 11) is 0. The first kappa shape index (κ1) is 16.5. The van der Waals surface area contributed by atoms with E-state index < -0.39 is 0 Å². The molecule has 1 amide bonds. The molecule has 0 unspecified atom stereocenters. The number of hydrogen-bond acceptors (Lipinski definition) is 4. The van der Waals surface area contributed by atoms with Crippen molar-refractivity contribution in [3.8, 4) is 23.0 Å². The van der Waals surface area contributed by atoms with Crippen molar-refractivity contribution in [3.63, 3.8) is 0 Å². The zero-order chi connectivity index (χ0) is 18.8. The number of aromatic nitrogens is 3. The quantitative estimate of drug-likeness (QED) is 0.605. The van der Waals surface area contributed by atoms with Gasteiger partial charge < -0.3 is 9.88 Å². The molecule has 2 aromatic carbocycles. The molecule has 0 bridgehead atoms. The molecule has 0 spiro atoms. The van der Waals surface area contributed by atoms with Gasteiger partial charge in [-0.05, 0) is 24.3 Å². The van der Waals surface area contributed by atoms with Crippen molar-refractivity contribution in [1.29, 1.82) is 5.26 Å². The predicted molar refractivity (Wildman–Crippen MR) is 103 cm³/mol. The lowest BCUT2D eigenvalue weighted by atomic mass is 10.1. The van der Waals surface area contributed by atoms with Crippen LogP contribution in [0.2, 0.25) is 0 Å². The summed E-state index contributed by atoms with van der Waals surface area (Å²) in [6.45, 7) is 1.47. The molecule has 6 heteroatoms. The number of nitriles is 1. The Bertz CT molecular complexity index is 1170. The van der Waals surface area contributed by atoms with E-state index in [1.54, 1.807) is 6.20 Å². The van der Waals surface area contributed by atoms with Gasteiger partial charge >= 0.3 is 0 Å². The molecule has 0 fully saturated rings. The van der Waals surface area contributed by atoms with E-state index in [4.69, 9.17) is 0 Å². The first-order valence-electron chi connectivity index (χ1n) is 8.37. The molecule has 2 heterocycles.